The molecule has 0 bridgehead atoms. The lowest BCUT2D eigenvalue weighted by Gasteiger charge is -2.11. The van der Waals surface area contributed by atoms with Gasteiger partial charge >= 0.3 is 6.18 Å². The van der Waals surface area contributed by atoms with E-state index in [2.05, 4.69) is 36.4 Å². The van der Waals surface area contributed by atoms with Gasteiger partial charge in [-0.1, -0.05) is 29.8 Å². The average Bonchev–Trinajstić information content (AvgIpc) is 3.47. The number of carbonyl (C=O) groups is 1. The summed E-state index contributed by atoms with van der Waals surface area (Å²) in [4.78, 5) is 17.3. The van der Waals surface area contributed by atoms with Crippen molar-refractivity contribution in [1.82, 2.24) is 24.4 Å². The molecular formula is C26H20BrF3N6O2. The average molecular weight is 585 g/mol. The van der Waals surface area contributed by atoms with Crippen molar-refractivity contribution in [3.63, 3.8) is 0 Å². The molecule has 0 aliphatic carbocycles. The first-order chi connectivity index (χ1) is 18.1. The number of nitrogens with one attached hydrogen (secondary N) is 1. The molecule has 2 aromatic carbocycles. The normalized spacial score (nSPS) is 11.6. The predicted octanol–water partition coefficient (Wildman–Crippen LogP) is 5.99. The number of rotatable bonds is 6. The molecule has 5 aromatic rings. The van der Waals surface area contributed by atoms with Gasteiger partial charge in [0, 0.05) is 17.8 Å². The van der Waals surface area contributed by atoms with Gasteiger partial charge in [-0.15, -0.1) is 0 Å². The van der Waals surface area contributed by atoms with Crippen molar-refractivity contribution in [3.8, 4) is 17.0 Å². The molecule has 0 spiro atoms. The highest BCUT2D eigenvalue weighted by Crippen LogP contribution is 2.33. The number of fused-ring (bicyclic) bond motifs is 1. The fourth-order valence-corrected chi connectivity index (χ4v) is 4.23. The van der Waals surface area contributed by atoms with Gasteiger partial charge in [-0.25, -0.2) is 9.50 Å². The van der Waals surface area contributed by atoms with Gasteiger partial charge < -0.3 is 10.1 Å². The van der Waals surface area contributed by atoms with Crippen LogP contribution in [-0.4, -0.2) is 37.4 Å². The van der Waals surface area contributed by atoms with Crippen LogP contribution in [0.3, 0.4) is 0 Å². The van der Waals surface area contributed by atoms with Crippen LogP contribution in [0.25, 0.3) is 16.9 Å². The van der Waals surface area contributed by atoms with E-state index in [1.54, 1.807) is 35.1 Å². The maximum absolute atomic E-state index is 13.9. The molecule has 0 fully saturated rings. The zero-order chi connectivity index (χ0) is 27.0. The highest BCUT2D eigenvalue weighted by atomic mass is 79.9. The second kappa shape index (κ2) is 9.93. The number of amides is 1. The number of alkyl halides is 3. The van der Waals surface area contributed by atoms with E-state index < -0.39 is 17.8 Å². The Morgan fingerprint density at radius 1 is 1.05 bits per heavy atom. The Hall–Kier alpha value is -4.19. The number of ether oxygens (including phenoxy) is 1. The molecule has 3 aromatic heterocycles. The van der Waals surface area contributed by atoms with Crippen LogP contribution >= 0.6 is 15.9 Å². The molecule has 194 valence electrons. The minimum Gasteiger partial charge on any atom is -0.497 e. The molecule has 0 aliphatic rings. The van der Waals surface area contributed by atoms with Crippen molar-refractivity contribution in [1.29, 1.82) is 0 Å². The molecule has 5 rings (SSSR count). The van der Waals surface area contributed by atoms with Crippen LogP contribution in [0.15, 0.2) is 71.3 Å². The van der Waals surface area contributed by atoms with Gasteiger partial charge in [0.2, 0.25) is 0 Å². The van der Waals surface area contributed by atoms with Gasteiger partial charge in [0.05, 0.1) is 23.8 Å². The molecule has 12 heteroatoms. The van der Waals surface area contributed by atoms with Crippen molar-refractivity contribution in [2.75, 3.05) is 12.4 Å². The van der Waals surface area contributed by atoms with Crippen LogP contribution in [0.4, 0.5) is 19.0 Å². The smallest absolute Gasteiger partial charge is 0.433 e. The molecule has 0 radical (unpaired) electrons. The van der Waals surface area contributed by atoms with E-state index in [0.29, 0.717) is 26.8 Å². The molecular weight excluding hydrogens is 565 g/mol. The monoisotopic (exact) mass is 584 g/mol. The van der Waals surface area contributed by atoms with E-state index >= 15 is 0 Å². The second-order valence-electron chi connectivity index (χ2n) is 8.52. The molecule has 0 atom stereocenters. The van der Waals surface area contributed by atoms with E-state index in [9.17, 15) is 18.0 Å². The van der Waals surface area contributed by atoms with E-state index in [-0.39, 0.29) is 22.9 Å². The zero-order valence-electron chi connectivity index (χ0n) is 20.1. The van der Waals surface area contributed by atoms with Crippen LogP contribution in [-0.2, 0) is 12.7 Å². The van der Waals surface area contributed by atoms with Crippen molar-refractivity contribution >= 4 is 33.3 Å². The Morgan fingerprint density at radius 3 is 2.42 bits per heavy atom. The largest absolute Gasteiger partial charge is 0.497 e. The van der Waals surface area contributed by atoms with Gasteiger partial charge in [0.25, 0.3) is 5.91 Å². The Kier molecular flexibility index (Phi) is 6.66. The SMILES string of the molecule is COc1ccc(-c2cc(C(F)(F)F)n3nc(C(=O)Nc4nn(Cc5ccc(C)cc5)cc4Br)cc3n2)cc1. The number of benzene rings is 2. The molecule has 0 saturated heterocycles. The minimum absolute atomic E-state index is 0.0805. The lowest BCUT2D eigenvalue weighted by atomic mass is 10.1. The predicted molar refractivity (Wildman–Crippen MR) is 138 cm³/mol. The fraction of sp³-hybridized carbons (Fsp3) is 0.154. The third-order valence-corrected chi connectivity index (χ3v) is 6.33. The zero-order valence-corrected chi connectivity index (χ0v) is 21.7. The van der Waals surface area contributed by atoms with E-state index in [1.807, 2.05) is 31.2 Å². The first kappa shape index (κ1) is 25.5. The maximum atomic E-state index is 13.9. The van der Waals surface area contributed by atoms with Crippen LogP contribution in [0.1, 0.15) is 27.3 Å². The number of hydrogen-bond donors (Lipinski definition) is 1. The maximum Gasteiger partial charge on any atom is 0.433 e. The van der Waals surface area contributed by atoms with Crippen molar-refractivity contribution in [2.45, 2.75) is 19.6 Å². The summed E-state index contributed by atoms with van der Waals surface area (Å²) in [5, 5.41) is 10.9. The van der Waals surface area contributed by atoms with E-state index in [1.165, 1.54) is 13.2 Å². The molecule has 0 aliphatic heterocycles. The van der Waals surface area contributed by atoms with Crippen molar-refractivity contribution in [3.05, 3.63) is 93.8 Å². The lowest BCUT2D eigenvalue weighted by molar-refractivity contribution is -0.142. The summed E-state index contributed by atoms with van der Waals surface area (Å²) in [7, 11) is 1.49. The van der Waals surface area contributed by atoms with Crippen molar-refractivity contribution < 1.29 is 22.7 Å². The van der Waals surface area contributed by atoms with Gasteiger partial charge in [0.15, 0.2) is 22.9 Å². The molecule has 1 N–H and O–H groups in total. The Bertz CT molecular complexity index is 1630. The van der Waals surface area contributed by atoms with Crippen LogP contribution in [0, 0.1) is 6.92 Å². The molecule has 38 heavy (non-hydrogen) atoms. The Labute approximate surface area is 223 Å². The summed E-state index contributed by atoms with van der Waals surface area (Å²) in [6.07, 6.45) is -3.04. The number of carbonyl (C=O) groups excluding carboxylic acids is 1. The summed E-state index contributed by atoms with van der Waals surface area (Å²) in [6, 6.07) is 16.5. The molecule has 3 heterocycles. The minimum atomic E-state index is -4.74. The molecule has 1 amide bonds. The summed E-state index contributed by atoms with van der Waals surface area (Å²) in [5.41, 5.74) is 1.26. The quantitative estimate of drug-likeness (QED) is 0.265. The summed E-state index contributed by atoms with van der Waals surface area (Å²) in [6.45, 7) is 2.46. The van der Waals surface area contributed by atoms with Gasteiger partial charge in [-0.2, -0.15) is 23.4 Å². The van der Waals surface area contributed by atoms with Crippen LogP contribution in [0.5, 0.6) is 5.75 Å². The topological polar surface area (TPSA) is 86.3 Å². The van der Waals surface area contributed by atoms with E-state index in [4.69, 9.17) is 4.74 Å². The number of methoxy groups -OCH3 is 1. The van der Waals surface area contributed by atoms with Gasteiger partial charge in [-0.3, -0.25) is 9.48 Å². The van der Waals surface area contributed by atoms with E-state index in [0.717, 1.165) is 17.2 Å². The summed E-state index contributed by atoms with van der Waals surface area (Å²) < 4.78 is 49.6. The molecule has 0 unspecified atom stereocenters. The summed E-state index contributed by atoms with van der Waals surface area (Å²) >= 11 is 3.37. The van der Waals surface area contributed by atoms with Gasteiger partial charge in [-0.05, 0) is 58.7 Å². The number of hydrogen-bond acceptors (Lipinski definition) is 5. The second-order valence-corrected chi connectivity index (χ2v) is 9.37. The van der Waals surface area contributed by atoms with Crippen LogP contribution < -0.4 is 10.1 Å². The number of halogens is 4. The standard InChI is InChI=1S/C26H20BrF3N6O2/c1-15-3-5-16(6-4-15)13-35-14-19(27)24(34-35)32-25(37)21-12-23-31-20(17-7-9-18(38-2)10-8-17)11-22(26(28,29)30)36(23)33-21/h3-12,14H,13H2,1-2H3,(H,32,34,37). The molecule has 0 saturated carbocycles. The number of nitrogens with zero attached hydrogens (tertiary/aromatic N) is 5. The lowest BCUT2D eigenvalue weighted by Crippen LogP contribution is -2.16. The summed E-state index contributed by atoms with van der Waals surface area (Å²) in [5.74, 6) is 0.0413. The first-order valence-corrected chi connectivity index (χ1v) is 12.1. The fourth-order valence-electron chi connectivity index (χ4n) is 3.81. The van der Waals surface area contributed by atoms with Gasteiger partial charge in [0.1, 0.15) is 5.75 Å². The third-order valence-electron chi connectivity index (χ3n) is 5.75. The highest BCUT2D eigenvalue weighted by molar-refractivity contribution is 9.10. The number of aromatic nitrogens is 5. The third kappa shape index (κ3) is 5.25. The Balaban J connectivity index is 1.44. The van der Waals surface area contributed by atoms with Crippen LogP contribution in [0.2, 0.25) is 0 Å². The Morgan fingerprint density at radius 2 is 1.76 bits per heavy atom. The van der Waals surface area contributed by atoms with Crippen molar-refractivity contribution in [2.24, 2.45) is 0 Å². The number of aryl methyl sites for hydroxylation is 1. The molecule has 8 nitrogen and oxygen atoms in total. The first-order valence-electron chi connectivity index (χ1n) is 11.3. The number of anilines is 1. The highest BCUT2D eigenvalue weighted by Gasteiger charge is 2.35.